The molecule has 0 spiro atoms. The first-order valence-corrected chi connectivity index (χ1v) is 9.35. The summed E-state index contributed by atoms with van der Waals surface area (Å²) in [6.45, 7) is 4.16. The number of fused-ring (bicyclic) bond motifs is 1. The van der Waals surface area contributed by atoms with E-state index in [1.165, 1.54) is 11.3 Å². The standard InChI is InChI=1S/C18H24N4O2S/c1-12-6-4-7-14-16(12)19-18(25-14)20-17(24)13-10-15(23)22(11-13)9-5-8-21(2)3/h4,6-7,13H,5,8-11H2,1-3H3,(H,19,20,24). The number of para-hydroxylation sites is 1. The molecule has 1 fully saturated rings. The molecule has 1 saturated heterocycles. The third-order valence-electron chi connectivity index (χ3n) is 4.47. The first kappa shape index (κ1) is 17.8. The Kier molecular flexibility index (Phi) is 5.34. The van der Waals surface area contributed by atoms with Crippen molar-refractivity contribution in [2.75, 3.05) is 39.0 Å². The lowest BCUT2D eigenvalue weighted by Gasteiger charge is -2.17. The minimum Gasteiger partial charge on any atom is -0.342 e. The average molecular weight is 360 g/mol. The third kappa shape index (κ3) is 4.16. The molecule has 1 aliphatic rings. The van der Waals surface area contributed by atoms with Crippen LogP contribution in [0.15, 0.2) is 18.2 Å². The van der Waals surface area contributed by atoms with E-state index >= 15 is 0 Å². The van der Waals surface area contributed by atoms with Crippen LogP contribution < -0.4 is 5.32 Å². The van der Waals surface area contributed by atoms with Crippen LogP contribution in [0.3, 0.4) is 0 Å². The molecule has 0 aliphatic carbocycles. The summed E-state index contributed by atoms with van der Waals surface area (Å²) in [5.74, 6) is -0.334. The van der Waals surface area contributed by atoms with E-state index in [4.69, 9.17) is 0 Å². The number of aromatic nitrogens is 1. The van der Waals surface area contributed by atoms with Gasteiger partial charge >= 0.3 is 0 Å². The molecule has 1 aromatic heterocycles. The number of carbonyl (C=O) groups is 2. The molecule has 1 atom stereocenters. The number of anilines is 1. The van der Waals surface area contributed by atoms with Crippen molar-refractivity contribution in [3.8, 4) is 0 Å². The number of aryl methyl sites for hydroxylation is 1. The van der Waals surface area contributed by atoms with Gasteiger partial charge in [0.05, 0.1) is 16.1 Å². The SMILES string of the molecule is Cc1cccc2sc(NC(=O)C3CC(=O)N(CCCN(C)C)C3)nc12. The highest BCUT2D eigenvalue weighted by atomic mass is 32.1. The van der Waals surface area contributed by atoms with Crippen molar-refractivity contribution in [3.63, 3.8) is 0 Å². The van der Waals surface area contributed by atoms with E-state index in [0.29, 0.717) is 18.2 Å². The van der Waals surface area contributed by atoms with Gasteiger partial charge < -0.3 is 15.1 Å². The van der Waals surface area contributed by atoms with Gasteiger partial charge in [-0.05, 0) is 45.6 Å². The molecule has 7 heteroatoms. The summed E-state index contributed by atoms with van der Waals surface area (Å²) in [5, 5.41) is 3.50. The van der Waals surface area contributed by atoms with Crippen molar-refractivity contribution >= 4 is 38.5 Å². The molecule has 0 bridgehead atoms. The largest absolute Gasteiger partial charge is 0.342 e. The molecule has 25 heavy (non-hydrogen) atoms. The first-order chi connectivity index (χ1) is 11.9. The van der Waals surface area contributed by atoms with Crippen LogP contribution in [0.5, 0.6) is 0 Å². The number of benzene rings is 1. The van der Waals surface area contributed by atoms with E-state index in [1.807, 2.05) is 39.2 Å². The molecule has 2 aromatic rings. The van der Waals surface area contributed by atoms with Gasteiger partial charge in [0, 0.05) is 19.5 Å². The van der Waals surface area contributed by atoms with Crippen LogP contribution in [0.25, 0.3) is 10.2 Å². The summed E-state index contributed by atoms with van der Waals surface area (Å²) in [6.07, 6.45) is 1.21. The second-order valence-electron chi connectivity index (χ2n) is 6.83. The molecule has 1 N–H and O–H groups in total. The van der Waals surface area contributed by atoms with Crippen molar-refractivity contribution in [1.29, 1.82) is 0 Å². The number of nitrogens with one attached hydrogen (secondary N) is 1. The zero-order chi connectivity index (χ0) is 18.0. The number of nitrogens with zero attached hydrogens (tertiary/aromatic N) is 3. The van der Waals surface area contributed by atoms with Crippen LogP contribution >= 0.6 is 11.3 Å². The van der Waals surface area contributed by atoms with Crippen LogP contribution in [0.1, 0.15) is 18.4 Å². The third-order valence-corrected chi connectivity index (χ3v) is 5.41. The van der Waals surface area contributed by atoms with E-state index in [0.717, 1.165) is 28.7 Å². The maximum Gasteiger partial charge on any atom is 0.231 e. The Balaban J connectivity index is 1.59. The molecule has 0 radical (unpaired) electrons. The van der Waals surface area contributed by atoms with Crippen molar-refractivity contribution in [3.05, 3.63) is 23.8 Å². The summed E-state index contributed by atoms with van der Waals surface area (Å²) in [7, 11) is 4.03. The summed E-state index contributed by atoms with van der Waals surface area (Å²) in [6, 6.07) is 6.00. The van der Waals surface area contributed by atoms with Gasteiger partial charge in [0.1, 0.15) is 0 Å². The van der Waals surface area contributed by atoms with Crippen LogP contribution in [0, 0.1) is 12.8 Å². The second-order valence-corrected chi connectivity index (χ2v) is 7.86. The summed E-state index contributed by atoms with van der Waals surface area (Å²) in [5.41, 5.74) is 2.02. The number of likely N-dealkylation sites (tertiary alicyclic amines) is 1. The van der Waals surface area contributed by atoms with Crippen LogP contribution in [-0.4, -0.2) is 60.3 Å². The smallest absolute Gasteiger partial charge is 0.231 e. The van der Waals surface area contributed by atoms with Gasteiger partial charge in [-0.1, -0.05) is 23.5 Å². The monoisotopic (exact) mass is 360 g/mol. The Hall–Kier alpha value is -1.99. The van der Waals surface area contributed by atoms with E-state index in [9.17, 15) is 9.59 Å². The Bertz CT molecular complexity index is 786. The Morgan fingerprint density at radius 1 is 1.44 bits per heavy atom. The van der Waals surface area contributed by atoms with Crippen molar-refractivity contribution < 1.29 is 9.59 Å². The Morgan fingerprint density at radius 3 is 2.96 bits per heavy atom. The molecule has 6 nitrogen and oxygen atoms in total. The molecule has 2 heterocycles. The Labute approximate surface area is 151 Å². The van der Waals surface area contributed by atoms with Crippen molar-refractivity contribution in [2.45, 2.75) is 19.8 Å². The fraction of sp³-hybridized carbons (Fsp3) is 0.500. The molecule has 1 aromatic carbocycles. The lowest BCUT2D eigenvalue weighted by Crippen LogP contribution is -2.30. The molecular formula is C18H24N4O2S. The van der Waals surface area contributed by atoms with Gasteiger partial charge in [-0.3, -0.25) is 9.59 Å². The maximum absolute atomic E-state index is 12.5. The van der Waals surface area contributed by atoms with E-state index < -0.39 is 0 Å². The van der Waals surface area contributed by atoms with Crippen LogP contribution in [0.2, 0.25) is 0 Å². The lowest BCUT2D eigenvalue weighted by molar-refractivity contribution is -0.128. The first-order valence-electron chi connectivity index (χ1n) is 8.53. The zero-order valence-electron chi connectivity index (χ0n) is 14.9. The zero-order valence-corrected chi connectivity index (χ0v) is 15.7. The van der Waals surface area contributed by atoms with Gasteiger partial charge in [0.25, 0.3) is 0 Å². The highest BCUT2D eigenvalue weighted by Crippen LogP contribution is 2.29. The van der Waals surface area contributed by atoms with E-state index in [-0.39, 0.29) is 24.2 Å². The molecule has 0 saturated carbocycles. The van der Waals surface area contributed by atoms with Gasteiger partial charge in [0.15, 0.2) is 5.13 Å². The number of carbonyl (C=O) groups excluding carboxylic acids is 2. The lowest BCUT2D eigenvalue weighted by atomic mass is 10.1. The maximum atomic E-state index is 12.5. The van der Waals surface area contributed by atoms with Gasteiger partial charge in [0.2, 0.25) is 11.8 Å². The van der Waals surface area contributed by atoms with Gasteiger partial charge in [-0.25, -0.2) is 4.98 Å². The average Bonchev–Trinajstić information content (AvgIpc) is 3.12. The normalized spacial score (nSPS) is 17.7. The molecule has 1 aliphatic heterocycles. The second kappa shape index (κ2) is 7.49. The predicted octanol–water partition coefficient (Wildman–Crippen LogP) is 2.34. The fourth-order valence-electron chi connectivity index (χ4n) is 3.09. The number of rotatable bonds is 6. The number of hydrogen-bond donors (Lipinski definition) is 1. The van der Waals surface area contributed by atoms with Crippen LogP contribution in [-0.2, 0) is 9.59 Å². The van der Waals surface area contributed by atoms with Crippen molar-refractivity contribution in [2.24, 2.45) is 5.92 Å². The minimum absolute atomic E-state index is 0.0686. The molecule has 1 unspecified atom stereocenters. The fourth-order valence-corrected chi connectivity index (χ4v) is 4.04. The predicted molar refractivity (Wildman–Crippen MR) is 101 cm³/mol. The molecule has 3 rings (SSSR count). The summed E-state index contributed by atoms with van der Waals surface area (Å²) in [4.78, 5) is 33.1. The summed E-state index contributed by atoms with van der Waals surface area (Å²) >= 11 is 1.47. The molecule has 2 amide bonds. The highest BCUT2D eigenvalue weighted by molar-refractivity contribution is 7.22. The van der Waals surface area contributed by atoms with E-state index in [1.54, 1.807) is 4.90 Å². The Morgan fingerprint density at radius 2 is 2.24 bits per heavy atom. The minimum atomic E-state index is -0.292. The van der Waals surface area contributed by atoms with Crippen LogP contribution in [0.4, 0.5) is 5.13 Å². The highest BCUT2D eigenvalue weighted by Gasteiger charge is 2.34. The number of amides is 2. The van der Waals surface area contributed by atoms with Gasteiger partial charge in [-0.2, -0.15) is 0 Å². The van der Waals surface area contributed by atoms with Gasteiger partial charge in [-0.15, -0.1) is 0 Å². The van der Waals surface area contributed by atoms with E-state index in [2.05, 4.69) is 15.2 Å². The number of thiazole rings is 1. The topological polar surface area (TPSA) is 65.5 Å². The molecule has 134 valence electrons. The summed E-state index contributed by atoms with van der Waals surface area (Å²) < 4.78 is 1.06. The number of hydrogen-bond acceptors (Lipinski definition) is 5. The van der Waals surface area contributed by atoms with Crippen molar-refractivity contribution in [1.82, 2.24) is 14.8 Å². The molecular weight excluding hydrogens is 336 g/mol. The quantitative estimate of drug-likeness (QED) is 0.859.